The second-order valence-electron chi connectivity index (χ2n) is 5.93. The Bertz CT molecular complexity index is 998. The standard InChI is InChI=1S/C20H18ClN3O3/c1-3-22-19(25)14-8-7-12(2)16(10-14)23-20(26)17-11-18(27-24-17)13-5-4-6-15(21)9-13/h4-11H,3H2,1-2H3,(H,22,25)(H,23,26). The Morgan fingerprint density at radius 1 is 1.11 bits per heavy atom. The van der Waals surface area contributed by atoms with E-state index in [4.69, 9.17) is 16.1 Å². The summed E-state index contributed by atoms with van der Waals surface area (Å²) in [6, 6.07) is 13.7. The molecule has 3 aromatic rings. The fourth-order valence-electron chi connectivity index (χ4n) is 2.51. The Hall–Kier alpha value is -3.12. The molecule has 27 heavy (non-hydrogen) atoms. The monoisotopic (exact) mass is 383 g/mol. The summed E-state index contributed by atoms with van der Waals surface area (Å²) < 4.78 is 5.26. The minimum absolute atomic E-state index is 0.132. The smallest absolute Gasteiger partial charge is 0.277 e. The van der Waals surface area contributed by atoms with Crippen LogP contribution in [0, 0.1) is 6.92 Å². The van der Waals surface area contributed by atoms with E-state index in [1.807, 2.05) is 19.9 Å². The van der Waals surface area contributed by atoms with Gasteiger partial charge in [0.1, 0.15) is 0 Å². The van der Waals surface area contributed by atoms with E-state index in [1.54, 1.807) is 42.5 Å². The molecule has 138 valence electrons. The molecule has 0 bridgehead atoms. The lowest BCUT2D eigenvalue weighted by molar-refractivity contribution is 0.0954. The predicted molar refractivity (Wildman–Crippen MR) is 104 cm³/mol. The van der Waals surface area contributed by atoms with Gasteiger partial charge >= 0.3 is 0 Å². The molecule has 2 aromatic carbocycles. The number of nitrogens with zero attached hydrogens (tertiary/aromatic N) is 1. The lowest BCUT2D eigenvalue weighted by atomic mass is 10.1. The SMILES string of the molecule is CCNC(=O)c1ccc(C)c(NC(=O)c2cc(-c3cccc(Cl)c3)on2)c1. The molecule has 0 unspecified atom stereocenters. The molecule has 2 N–H and O–H groups in total. The normalized spacial score (nSPS) is 10.5. The van der Waals surface area contributed by atoms with Gasteiger partial charge in [-0.25, -0.2) is 0 Å². The van der Waals surface area contributed by atoms with Crippen molar-refractivity contribution in [2.24, 2.45) is 0 Å². The summed E-state index contributed by atoms with van der Waals surface area (Å²) in [7, 11) is 0. The number of nitrogens with one attached hydrogen (secondary N) is 2. The average Bonchev–Trinajstić information content (AvgIpc) is 3.14. The van der Waals surface area contributed by atoms with Crippen molar-refractivity contribution in [1.82, 2.24) is 10.5 Å². The first-order valence-electron chi connectivity index (χ1n) is 8.40. The number of aromatic nitrogens is 1. The van der Waals surface area contributed by atoms with Gasteiger partial charge in [0.25, 0.3) is 11.8 Å². The molecule has 0 aliphatic carbocycles. The largest absolute Gasteiger partial charge is 0.355 e. The van der Waals surface area contributed by atoms with Crippen LogP contribution in [0.4, 0.5) is 5.69 Å². The van der Waals surface area contributed by atoms with Gasteiger partial charge < -0.3 is 15.2 Å². The van der Waals surface area contributed by atoms with Gasteiger partial charge in [0, 0.05) is 34.4 Å². The van der Waals surface area contributed by atoms with Crippen molar-refractivity contribution in [3.05, 3.63) is 70.4 Å². The van der Waals surface area contributed by atoms with Crippen LogP contribution in [0.3, 0.4) is 0 Å². The van der Waals surface area contributed by atoms with Gasteiger partial charge in [-0.2, -0.15) is 0 Å². The third-order valence-electron chi connectivity index (χ3n) is 3.94. The van der Waals surface area contributed by atoms with E-state index in [2.05, 4.69) is 15.8 Å². The van der Waals surface area contributed by atoms with E-state index in [-0.39, 0.29) is 11.6 Å². The summed E-state index contributed by atoms with van der Waals surface area (Å²) in [6.45, 7) is 4.22. The van der Waals surface area contributed by atoms with Crippen LogP contribution in [0.1, 0.15) is 33.3 Å². The van der Waals surface area contributed by atoms with Crippen molar-refractivity contribution in [2.45, 2.75) is 13.8 Å². The molecule has 2 amide bonds. The zero-order chi connectivity index (χ0) is 19.4. The van der Waals surface area contributed by atoms with E-state index in [9.17, 15) is 9.59 Å². The first-order valence-corrected chi connectivity index (χ1v) is 8.78. The van der Waals surface area contributed by atoms with E-state index in [1.165, 1.54) is 0 Å². The van der Waals surface area contributed by atoms with Crippen LogP contribution in [0.2, 0.25) is 5.02 Å². The number of hydrogen-bond donors (Lipinski definition) is 2. The number of benzene rings is 2. The van der Waals surface area contributed by atoms with Crippen molar-refractivity contribution < 1.29 is 14.1 Å². The zero-order valence-corrected chi connectivity index (χ0v) is 15.6. The molecule has 0 spiro atoms. The van der Waals surface area contributed by atoms with Crippen LogP contribution in [-0.2, 0) is 0 Å². The van der Waals surface area contributed by atoms with Crippen LogP contribution >= 0.6 is 11.6 Å². The Morgan fingerprint density at radius 2 is 1.93 bits per heavy atom. The summed E-state index contributed by atoms with van der Waals surface area (Å²) in [5.74, 6) is -0.184. The second-order valence-corrected chi connectivity index (χ2v) is 6.37. The fraction of sp³-hybridized carbons (Fsp3) is 0.150. The average molecular weight is 384 g/mol. The van der Waals surface area contributed by atoms with E-state index in [0.717, 1.165) is 11.1 Å². The Kier molecular flexibility index (Phi) is 5.57. The summed E-state index contributed by atoms with van der Waals surface area (Å²) in [4.78, 5) is 24.5. The van der Waals surface area contributed by atoms with Crippen LogP contribution in [0.5, 0.6) is 0 Å². The topological polar surface area (TPSA) is 84.2 Å². The molecule has 0 aliphatic rings. The maximum absolute atomic E-state index is 12.5. The lowest BCUT2D eigenvalue weighted by Crippen LogP contribution is -2.23. The van der Waals surface area contributed by atoms with Gasteiger partial charge in [-0.15, -0.1) is 0 Å². The number of aryl methyl sites for hydroxylation is 1. The molecule has 0 aliphatic heterocycles. The van der Waals surface area contributed by atoms with Gasteiger partial charge in [-0.1, -0.05) is 35.0 Å². The predicted octanol–water partition coefficient (Wildman–Crippen LogP) is 4.31. The number of hydrogen-bond acceptors (Lipinski definition) is 4. The molecule has 0 fully saturated rings. The molecular weight excluding hydrogens is 366 g/mol. The molecule has 7 heteroatoms. The molecule has 0 radical (unpaired) electrons. The van der Waals surface area contributed by atoms with Crippen LogP contribution in [0.15, 0.2) is 53.1 Å². The molecule has 1 heterocycles. The number of carbonyl (C=O) groups excluding carboxylic acids is 2. The zero-order valence-electron chi connectivity index (χ0n) is 14.9. The molecule has 3 rings (SSSR count). The number of amides is 2. The number of anilines is 1. The number of halogens is 1. The number of rotatable bonds is 5. The summed E-state index contributed by atoms with van der Waals surface area (Å²) in [6.07, 6.45) is 0. The molecule has 1 aromatic heterocycles. The highest BCUT2D eigenvalue weighted by Gasteiger charge is 2.16. The van der Waals surface area contributed by atoms with Crippen molar-refractivity contribution in [3.8, 4) is 11.3 Å². The highest BCUT2D eigenvalue weighted by molar-refractivity contribution is 6.30. The highest BCUT2D eigenvalue weighted by Crippen LogP contribution is 2.24. The summed E-state index contributed by atoms with van der Waals surface area (Å²) in [5.41, 5.74) is 2.69. The first kappa shape index (κ1) is 18.7. The minimum atomic E-state index is -0.428. The Morgan fingerprint density at radius 3 is 2.67 bits per heavy atom. The minimum Gasteiger partial charge on any atom is -0.355 e. The first-order chi connectivity index (χ1) is 13.0. The van der Waals surface area contributed by atoms with Crippen molar-refractivity contribution >= 4 is 29.1 Å². The van der Waals surface area contributed by atoms with Gasteiger partial charge in [0.15, 0.2) is 11.5 Å². The van der Waals surface area contributed by atoms with Crippen molar-refractivity contribution in [2.75, 3.05) is 11.9 Å². The van der Waals surface area contributed by atoms with Gasteiger partial charge in [-0.3, -0.25) is 9.59 Å². The van der Waals surface area contributed by atoms with Crippen molar-refractivity contribution in [3.63, 3.8) is 0 Å². The molecule has 0 atom stereocenters. The summed E-state index contributed by atoms with van der Waals surface area (Å²) >= 11 is 5.98. The van der Waals surface area contributed by atoms with Crippen molar-refractivity contribution in [1.29, 1.82) is 0 Å². The van der Waals surface area contributed by atoms with Gasteiger partial charge in [0.2, 0.25) is 0 Å². The van der Waals surface area contributed by atoms with E-state index in [0.29, 0.717) is 28.6 Å². The lowest BCUT2D eigenvalue weighted by Gasteiger charge is -2.09. The Labute approximate surface area is 161 Å². The number of carbonyl (C=O) groups is 2. The fourth-order valence-corrected chi connectivity index (χ4v) is 2.70. The third kappa shape index (κ3) is 4.35. The maximum atomic E-state index is 12.5. The van der Waals surface area contributed by atoms with Crippen LogP contribution < -0.4 is 10.6 Å². The molecular formula is C20H18ClN3O3. The Balaban J connectivity index is 1.80. The van der Waals surface area contributed by atoms with E-state index >= 15 is 0 Å². The molecule has 6 nitrogen and oxygen atoms in total. The van der Waals surface area contributed by atoms with E-state index < -0.39 is 5.91 Å². The summed E-state index contributed by atoms with van der Waals surface area (Å²) in [5, 5.41) is 9.89. The highest BCUT2D eigenvalue weighted by atomic mass is 35.5. The molecule has 0 saturated heterocycles. The van der Waals surface area contributed by atoms with Gasteiger partial charge in [-0.05, 0) is 43.7 Å². The van der Waals surface area contributed by atoms with Crippen LogP contribution in [-0.4, -0.2) is 23.5 Å². The maximum Gasteiger partial charge on any atom is 0.277 e. The van der Waals surface area contributed by atoms with Gasteiger partial charge in [0.05, 0.1) is 0 Å². The third-order valence-corrected chi connectivity index (χ3v) is 4.17. The van der Waals surface area contributed by atoms with Crippen LogP contribution in [0.25, 0.3) is 11.3 Å². The molecule has 0 saturated carbocycles. The quantitative estimate of drug-likeness (QED) is 0.687. The second kappa shape index (κ2) is 8.05.